The van der Waals surface area contributed by atoms with E-state index in [-0.39, 0.29) is 13.3 Å². The quantitative estimate of drug-likeness (QED) is 0.530. The van der Waals surface area contributed by atoms with Gasteiger partial charge in [0, 0.05) is 0 Å². The summed E-state index contributed by atoms with van der Waals surface area (Å²) in [4.78, 5) is 0. The fourth-order valence-corrected chi connectivity index (χ4v) is 0.605. The van der Waals surface area contributed by atoms with E-state index >= 15 is 0 Å². The predicted molar refractivity (Wildman–Crippen MR) is 23.8 cm³/mol. The van der Waals surface area contributed by atoms with Crippen LogP contribution >= 0.6 is 0 Å². The summed E-state index contributed by atoms with van der Waals surface area (Å²) >= 11 is 0. The summed E-state index contributed by atoms with van der Waals surface area (Å²) in [7, 11) is 0. The molecule has 1 unspecified atom stereocenters. The lowest BCUT2D eigenvalue weighted by Crippen LogP contribution is -2.39. The zero-order valence-electron chi connectivity index (χ0n) is 4.53. The van der Waals surface area contributed by atoms with Crippen LogP contribution in [0.4, 0.5) is 13.2 Å². The minimum atomic E-state index is -4.16. The van der Waals surface area contributed by atoms with Gasteiger partial charge in [0.2, 0.25) is 0 Å². The molecule has 1 N–H and O–H groups in total. The Morgan fingerprint density at radius 3 is 2.33 bits per heavy atom. The zero-order chi connectivity index (χ0) is 6.91. The summed E-state index contributed by atoms with van der Waals surface area (Å²) < 4.78 is 39.3. The highest BCUT2D eigenvalue weighted by Gasteiger charge is 2.41. The van der Waals surface area contributed by atoms with Gasteiger partial charge in [-0.2, -0.15) is 13.2 Å². The van der Waals surface area contributed by atoms with Crippen LogP contribution in [0.25, 0.3) is 0 Å². The van der Waals surface area contributed by atoms with Gasteiger partial charge < -0.3 is 4.74 Å². The average molecular weight is 141 g/mol. The minimum absolute atomic E-state index is 0.00414. The average Bonchev–Trinajstić information content (AvgIpc) is 2.08. The molecule has 0 bridgehead atoms. The van der Waals surface area contributed by atoms with Crippen LogP contribution in [0, 0.1) is 0 Å². The number of alkyl halides is 3. The van der Waals surface area contributed by atoms with Crippen molar-refractivity contribution < 1.29 is 17.9 Å². The number of ether oxygens (including phenoxy) is 1. The second-order valence-corrected chi connectivity index (χ2v) is 1.81. The molecule has 9 heavy (non-hydrogen) atoms. The standard InChI is InChI=1S/C4H6F3NO/c5-4(6,7)3-1-9-2-8-3/h3,8H,1-2H2. The van der Waals surface area contributed by atoms with Gasteiger partial charge in [0.15, 0.2) is 0 Å². The van der Waals surface area contributed by atoms with Crippen molar-refractivity contribution in [1.82, 2.24) is 5.32 Å². The number of nitrogens with one attached hydrogen (secondary N) is 1. The maximum atomic E-state index is 11.6. The number of hydrogen-bond donors (Lipinski definition) is 1. The molecule has 0 amide bonds. The number of halogens is 3. The normalized spacial score (nSPS) is 29.0. The third-order valence-electron chi connectivity index (χ3n) is 1.11. The Labute approximate surface area is 50.0 Å². The van der Waals surface area contributed by atoms with E-state index in [1.165, 1.54) is 0 Å². The molecule has 0 aromatic heterocycles. The first-order valence-corrected chi connectivity index (χ1v) is 2.48. The van der Waals surface area contributed by atoms with E-state index in [0.29, 0.717) is 0 Å². The molecule has 1 atom stereocenters. The smallest absolute Gasteiger partial charge is 0.364 e. The van der Waals surface area contributed by atoms with Gasteiger partial charge in [-0.05, 0) is 0 Å². The minimum Gasteiger partial charge on any atom is -0.364 e. The highest BCUT2D eigenvalue weighted by atomic mass is 19.4. The van der Waals surface area contributed by atoms with Crippen LogP contribution in [0.5, 0.6) is 0 Å². The van der Waals surface area contributed by atoms with Crippen LogP contribution in [-0.2, 0) is 4.74 Å². The fourth-order valence-electron chi connectivity index (χ4n) is 0.605. The van der Waals surface area contributed by atoms with Crippen LogP contribution in [0.3, 0.4) is 0 Å². The Kier molecular flexibility index (Phi) is 1.63. The molecular weight excluding hydrogens is 135 g/mol. The van der Waals surface area contributed by atoms with Crippen molar-refractivity contribution in [2.24, 2.45) is 0 Å². The van der Waals surface area contributed by atoms with E-state index < -0.39 is 12.2 Å². The van der Waals surface area contributed by atoms with Gasteiger partial charge in [-0.25, -0.2) is 0 Å². The molecule has 1 rings (SSSR count). The lowest BCUT2D eigenvalue weighted by Gasteiger charge is -2.11. The van der Waals surface area contributed by atoms with Gasteiger partial charge in [-0.15, -0.1) is 0 Å². The molecule has 0 aromatic carbocycles. The van der Waals surface area contributed by atoms with Gasteiger partial charge in [-0.3, -0.25) is 5.32 Å². The second-order valence-electron chi connectivity index (χ2n) is 1.81. The van der Waals surface area contributed by atoms with Gasteiger partial charge in [0.1, 0.15) is 6.04 Å². The molecule has 5 heteroatoms. The lowest BCUT2D eigenvalue weighted by atomic mass is 10.3. The molecule has 1 fully saturated rings. The molecule has 1 aliphatic rings. The van der Waals surface area contributed by atoms with E-state index in [2.05, 4.69) is 10.1 Å². The van der Waals surface area contributed by atoms with Gasteiger partial charge in [0.25, 0.3) is 0 Å². The van der Waals surface area contributed by atoms with Crippen LogP contribution < -0.4 is 5.32 Å². The Hall–Kier alpha value is -0.290. The Morgan fingerprint density at radius 1 is 1.44 bits per heavy atom. The number of rotatable bonds is 0. The molecule has 1 heterocycles. The largest absolute Gasteiger partial charge is 0.406 e. The van der Waals surface area contributed by atoms with Crippen LogP contribution in [0.2, 0.25) is 0 Å². The number of hydrogen-bond acceptors (Lipinski definition) is 2. The molecule has 1 aliphatic heterocycles. The molecular formula is C4H6F3NO. The van der Waals surface area contributed by atoms with Crippen molar-refractivity contribution in [1.29, 1.82) is 0 Å². The summed E-state index contributed by atoms with van der Waals surface area (Å²) in [5.74, 6) is 0. The van der Waals surface area contributed by atoms with Crippen molar-refractivity contribution >= 4 is 0 Å². The molecule has 0 aromatic rings. The van der Waals surface area contributed by atoms with Crippen molar-refractivity contribution in [3.05, 3.63) is 0 Å². The molecule has 0 aliphatic carbocycles. The van der Waals surface area contributed by atoms with E-state index in [9.17, 15) is 13.2 Å². The summed E-state index contributed by atoms with van der Waals surface area (Å²) in [5.41, 5.74) is 0. The maximum absolute atomic E-state index is 11.6. The Balaban J connectivity index is 2.42. The van der Waals surface area contributed by atoms with Gasteiger partial charge in [0.05, 0.1) is 13.3 Å². The summed E-state index contributed by atoms with van der Waals surface area (Å²) in [6, 6.07) is -1.46. The van der Waals surface area contributed by atoms with Crippen molar-refractivity contribution in [2.75, 3.05) is 13.3 Å². The van der Waals surface area contributed by atoms with Crippen molar-refractivity contribution in [3.8, 4) is 0 Å². The molecule has 0 spiro atoms. The zero-order valence-corrected chi connectivity index (χ0v) is 4.53. The SMILES string of the molecule is FC(F)(F)C1COCN1. The van der Waals surface area contributed by atoms with Crippen LogP contribution in [-0.4, -0.2) is 25.6 Å². The first kappa shape index (κ1) is 6.82. The highest BCUT2D eigenvalue weighted by Crippen LogP contribution is 2.21. The third-order valence-corrected chi connectivity index (χ3v) is 1.11. The first-order chi connectivity index (χ1) is 4.11. The molecule has 1 saturated heterocycles. The first-order valence-electron chi connectivity index (χ1n) is 2.48. The van der Waals surface area contributed by atoms with Crippen molar-refractivity contribution in [3.63, 3.8) is 0 Å². The second kappa shape index (κ2) is 2.15. The fraction of sp³-hybridized carbons (Fsp3) is 1.00. The molecule has 54 valence electrons. The topological polar surface area (TPSA) is 21.3 Å². The monoisotopic (exact) mass is 141 g/mol. The van der Waals surface area contributed by atoms with Crippen LogP contribution in [0.1, 0.15) is 0 Å². The van der Waals surface area contributed by atoms with Crippen LogP contribution in [0.15, 0.2) is 0 Å². The highest BCUT2D eigenvalue weighted by molar-refractivity contribution is 4.76. The molecule has 2 nitrogen and oxygen atoms in total. The van der Waals surface area contributed by atoms with E-state index in [4.69, 9.17) is 0 Å². The summed E-state index contributed by atoms with van der Waals surface area (Å²) in [6.07, 6.45) is -4.16. The van der Waals surface area contributed by atoms with Gasteiger partial charge in [-0.1, -0.05) is 0 Å². The predicted octanol–water partition coefficient (Wildman–Crippen LogP) is 0.495. The van der Waals surface area contributed by atoms with Gasteiger partial charge >= 0.3 is 6.18 Å². The Morgan fingerprint density at radius 2 is 2.11 bits per heavy atom. The third kappa shape index (κ3) is 1.56. The van der Waals surface area contributed by atoms with Crippen molar-refractivity contribution in [2.45, 2.75) is 12.2 Å². The summed E-state index contributed by atoms with van der Waals surface area (Å²) in [5, 5.41) is 2.15. The Bertz CT molecular complexity index is 96.5. The molecule has 0 saturated carbocycles. The molecule has 0 radical (unpaired) electrons. The lowest BCUT2D eigenvalue weighted by molar-refractivity contribution is -0.152. The maximum Gasteiger partial charge on any atom is 0.406 e. The summed E-state index contributed by atoms with van der Waals surface area (Å²) in [6.45, 7) is -0.256. The van der Waals surface area contributed by atoms with E-state index in [0.717, 1.165) is 0 Å². The van der Waals surface area contributed by atoms with E-state index in [1.807, 2.05) is 0 Å². The van der Waals surface area contributed by atoms with E-state index in [1.54, 1.807) is 0 Å².